The van der Waals surface area contributed by atoms with Crippen molar-refractivity contribution in [2.75, 3.05) is 11.5 Å². The third-order valence-electron chi connectivity index (χ3n) is 1.78. The number of carboxylic acids is 1. The Morgan fingerprint density at radius 3 is 2.64 bits per heavy atom. The molecule has 1 saturated heterocycles. The summed E-state index contributed by atoms with van der Waals surface area (Å²) in [6.07, 6.45) is 5.35. The predicted molar refractivity (Wildman–Crippen MR) is 46.8 cm³/mol. The van der Waals surface area contributed by atoms with E-state index in [-0.39, 0.29) is 0 Å². The van der Waals surface area contributed by atoms with E-state index in [1.807, 2.05) is 17.8 Å². The quantitative estimate of drug-likeness (QED) is 0.645. The minimum atomic E-state index is -0.830. The first-order valence-electron chi connectivity index (χ1n) is 3.78. The lowest BCUT2D eigenvalue weighted by Crippen LogP contribution is -2.07. The van der Waals surface area contributed by atoms with E-state index < -0.39 is 5.97 Å². The van der Waals surface area contributed by atoms with Gasteiger partial charge in [0.25, 0.3) is 0 Å². The van der Waals surface area contributed by atoms with Crippen molar-refractivity contribution in [3.63, 3.8) is 0 Å². The van der Waals surface area contributed by atoms with Crippen LogP contribution >= 0.6 is 11.8 Å². The SMILES string of the molecule is O=C(O)/C=C\C1CCSCC1. The standard InChI is InChI=1S/C8H12O2S/c9-8(10)2-1-7-3-5-11-6-4-7/h1-2,7H,3-6H2,(H,9,10)/b2-1-. The van der Waals surface area contributed by atoms with E-state index in [1.165, 1.54) is 17.6 Å². The lowest BCUT2D eigenvalue weighted by atomic mass is 10.0. The van der Waals surface area contributed by atoms with Gasteiger partial charge in [-0.1, -0.05) is 6.08 Å². The topological polar surface area (TPSA) is 37.3 Å². The van der Waals surface area contributed by atoms with Crippen LogP contribution in [0.5, 0.6) is 0 Å². The van der Waals surface area contributed by atoms with E-state index in [0.717, 1.165) is 12.8 Å². The molecule has 0 amide bonds. The molecular weight excluding hydrogens is 160 g/mol. The van der Waals surface area contributed by atoms with Crippen LogP contribution < -0.4 is 0 Å². The summed E-state index contributed by atoms with van der Waals surface area (Å²) in [5, 5.41) is 8.35. The molecule has 1 rings (SSSR count). The molecule has 2 nitrogen and oxygen atoms in total. The summed E-state index contributed by atoms with van der Waals surface area (Å²) in [5.41, 5.74) is 0. The van der Waals surface area contributed by atoms with Crippen molar-refractivity contribution in [1.82, 2.24) is 0 Å². The van der Waals surface area contributed by atoms with Crippen molar-refractivity contribution in [2.24, 2.45) is 5.92 Å². The van der Waals surface area contributed by atoms with Gasteiger partial charge >= 0.3 is 5.97 Å². The van der Waals surface area contributed by atoms with Crippen molar-refractivity contribution >= 4 is 17.7 Å². The third kappa shape index (κ3) is 3.46. The molecule has 0 aliphatic carbocycles. The average molecular weight is 172 g/mol. The van der Waals surface area contributed by atoms with Gasteiger partial charge in [0.1, 0.15) is 0 Å². The molecule has 11 heavy (non-hydrogen) atoms. The maximum Gasteiger partial charge on any atom is 0.327 e. The molecule has 0 bridgehead atoms. The number of carboxylic acid groups (broad SMARTS) is 1. The number of aliphatic carboxylic acids is 1. The Morgan fingerprint density at radius 1 is 1.45 bits per heavy atom. The Bertz CT molecular complexity index is 159. The molecule has 0 aromatic heterocycles. The highest BCUT2D eigenvalue weighted by atomic mass is 32.2. The van der Waals surface area contributed by atoms with Gasteiger partial charge in [-0.2, -0.15) is 11.8 Å². The average Bonchev–Trinajstić information content (AvgIpc) is 2.03. The highest BCUT2D eigenvalue weighted by molar-refractivity contribution is 7.99. The molecule has 3 heteroatoms. The molecule has 1 aliphatic rings. The fourth-order valence-electron chi connectivity index (χ4n) is 1.13. The largest absolute Gasteiger partial charge is 0.478 e. The first-order chi connectivity index (χ1) is 5.29. The van der Waals surface area contributed by atoms with E-state index >= 15 is 0 Å². The van der Waals surface area contributed by atoms with Crippen LogP contribution in [0.15, 0.2) is 12.2 Å². The van der Waals surface area contributed by atoms with Gasteiger partial charge in [-0.05, 0) is 30.3 Å². The number of hydrogen-bond acceptors (Lipinski definition) is 2. The third-order valence-corrected chi connectivity index (χ3v) is 2.83. The highest BCUT2D eigenvalue weighted by Gasteiger charge is 2.10. The van der Waals surface area contributed by atoms with Gasteiger partial charge in [-0.15, -0.1) is 0 Å². The second kappa shape index (κ2) is 4.44. The molecule has 62 valence electrons. The zero-order chi connectivity index (χ0) is 8.10. The minimum absolute atomic E-state index is 0.507. The fraction of sp³-hybridized carbons (Fsp3) is 0.625. The van der Waals surface area contributed by atoms with E-state index in [0.29, 0.717) is 5.92 Å². The van der Waals surface area contributed by atoms with Gasteiger partial charge in [0.15, 0.2) is 0 Å². The Kier molecular flexibility index (Phi) is 3.49. The first kappa shape index (κ1) is 8.65. The maximum atomic E-state index is 10.1. The molecule has 1 heterocycles. The van der Waals surface area contributed by atoms with Gasteiger partial charge in [0.05, 0.1) is 0 Å². The van der Waals surface area contributed by atoms with Crippen LogP contribution in [0.2, 0.25) is 0 Å². The van der Waals surface area contributed by atoms with Crippen LogP contribution in [0.3, 0.4) is 0 Å². The normalized spacial score (nSPS) is 20.7. The summed E-state index contributed by atoms with van der Waals surface area (Å²) in [6.45, 7) is 0. The van der Waals surface area contributed by atoms with Crippen molar-refractivity contribution in [2.45, 2.75) is 12.8 Å². The minimum Gasteiger partial charge on any atom is -0.478 e. The Hall–Kier alpha value is -0.440. The van der Waals surface area contributed by atoms with E-state index in [9.17, 15) is 4.79 Å². The maximum absolute atomic E-state index is 10.1. The molecule has 0 unspecified atom stereocenters. The van der Waals surface area contributed by atoms with Gasteiger partial charge in [0, 0.05) is 6.08 Å². The van der Waals surface area contributed by atoms with Crippen LogP contribution in [-0.2, 0) is 4.79 Å². The lowest BCUT2D eigenvalue weighted by Gasteiger charge is -2.16. The molecule has 0 spiro atoms. The highest BCUT2D eigenvalue weighted by Crippen LogP contribution is 2.23. The van der Waals surface area contributed by atoms with Gasteiger partial charge in [-0.3, -0.25) is 0 Å². The molecule has 0 atom stereocenters. The van der Waals surface area contributed by atoms with Gasteiger partial charge in [0.2, 0.25) is 0 Å². The summed E-state index contributed by atoms with van der Waals surface area (Å²) in [6, 6.07) is 0. The van der Waals surface area contributed by atoms with E-state index in [2.05, 4.69) is 0 Å². The molecule has 1 N–H and O–H groups in total. The monoisotopic (exact) mass is 172 g/mol. The van der Waals surface area contributed by atoms with Crippen molar-refractivity contribution < 1.29 is 9.90 Å². The van der Waals surface area contributed by atoms with Gasteiger partial charge in [-0.25, -0.2) is 4.79 Å². The summed E-state index contributed by atoms with van der Waals surface area (Å²) >= 11 is 1.95. The first-order valence-corrected chi connectivity index (χ1v) is 4.93. The zero-order valence-corrected chi connectivity index (χ0v) is 7.14. The smallest absolute Gasteiger partial charge is 0.327 e. The predicted octanol–water partition coefficient (Wildman–Crippen LogP) is 1.77. The number of allylic oxidation sites excluding steroid dienone is 1. The van der Waals surface area contributed by atoms with Crippen molar-refractivity contribution in [3.05, 3.63) is 12.2 Å². The molecule has 0 saturated carbocycles. The number of hydrogen-bond donors (Lipinski definition) is 1. The molecule has 0 aromatic rings. The molecule has 1 fully saturated rings. The Morgan fingerprint density at radius 2 is 2.09 bits per heavy atom. The number of thioether (sulfide) groups is 1. The Balaban J connectivity index is 2.29. The second-order valence-corrected chi connectivity index (χ2v) is 3.87. The second-order valence-electron chi connectivity index (χ2n) is 2.65. The van der Waals surface area contributed by atoms with Crippen LogP contribution in [0, 0.1) is 5.92 Å². The zero-order valence-electron chi connectivity index (χ0n) is 6.32. The summed E-state index contributed by atoms with van der Waals surface area (Å²) in [7, 11) is 0. The fourth-order valence-corrected chi connectivity index (χ4v) is 2.27. The van der Waals surface area contributed by atoms with Crippen molar-refractivity contribution in [3.8, 4) is 0 Å². The molecule has 0 radical (unpaired) electrons. The van der Waals surface area contributed by atoms with E-state index in [1.54, 1.807) is 0 Å². The lowest BCUT2D eigenvalue weighted by molar-refractivity contribution is -0.131. The summed E-state index contributed by atoms with van der Waals surface area (Å²) in [5.74, 6) is 2.03. The van der Waals surface area contributed by atoms with Crippen LogP contribution in [0.4, 0.5) is 0 Å². The molecule has 1 aliphatic heterocycles. The van der Waals surface area contributed by atoms with Crippen LogP contribution in [0.1, 0.15) is 12.8 Å². The molecule has 0 aromatic carbocycles. The molecular formula is C8H12O2S. The number of carbonyl (C=O) groups is 1. The van der Waals surface area contributed by atoms with Gasteiger partial charge < -0.3 is 5.11 Å². The summed E-state index contributed by atoms with van der Waals surface area (Å²) in [4.78, 5) is 10.1. The Labute approximate surface area is 70.7 Å². The number of rotatable bonds is 2. The van der Waals surface area contributed by atoms with Crippen LogP contribution in [-0.4, -0.2) is 22.6 Å². The summed E-state index contributed by atoms with van der Waals surface area (Å²) < 4.78 is 0. The van der Waals surface area contributed by atoms with Crippen molar-refractivity contribution in [1.29, 1.82) is 0 Å². The van der Waals surface area contributed by atoms with E-state index in [4.69, 9.17) is 5.11 Å². The van der Waals surface area contributed by atoms with Crippen LogP contribution in [0.25, 0.3) is 0 Å².